The van der Waals surface area contributed by atoms with Crippen LogP contribution < -0.4 is 10.9 Å². The van der Waals surface area contributed by atoms with Crippen LogP contribution in [0.25, 0.3) is 0 Å². The molecule has 2 aromatic heterocycles. The number of nitrogens with one attached hydrogen (secondary N) is 2. The van der Waals surface area contributed by atoms with Gasteiger partial charge in [0.1, 0.15) is 11.5 Å². The van der Waals surface area contributed by atoms with Gasteiger partial charge in [-0.1, -0.05) is 12.8 Å². The van der Waals surface area contributed by atoms with Gasteiger partial charge in [0.05, 0.1) is 25.0 Å². The van der Waals surface area contributed by atoms with Crippen molar-refractivity contribution in [3.8, 4) is 0 Å². The van der Waals surface area contributed by atoms with E-state index in [1.165, 1.54) is 25.0 Å². The molecule has 26 heavy (non-hydrogen) atoms. The lowest BCUT2D eigenvalue weighted by molar-refractivity contribution is -0.122. The quantitative estimate of drug-likeness (QED) is 0.366. The molecule has 0 unspecified atom stereocenters. The summed E-state index contributed by atoms with van der Waals surface area (Å²) in [6.07, 6.45) is 10.0. The number of furan rings is 2. The molecule has 2 heterocycles. The highest BCUT2D eigenvalue weighted by Crippen LogP contribution is 2.05. The third kappa shape index (κ3) is 8.09. The van der Waals surface area contributed by atoms with Gasteiger partial charge in [0.2, 0.25) is 11.8 Å². The van der Waals surface area contributed by atoms with E-state index in [0.29, 0.717) is 24.4 Å². The summed E-state index contributed by atoms with van der Waals surface area (Å²) in [5.41, 5.74) is 4.90. The lowest BCUT2D eigenvalue weighted by atomic mass is 10.1. The zero-order chi connectivity index (χ0) is 18.5. The summed E-state index contributed by atoms with van der Waals surface area (Å²) < 4.78 is 10.1. The van der Waals surface area contributed by atoms with Gasteiger partial charge >= 0.3 is 0 Å². The maximum absolute atomic E-state index is 11.6. The number of rotatable bonds is 11. The van der Waals surface area contributed by atoms with Gasteiger partial charge in [0.25, 0.3) is 0 Å². The Morgan fingerprint density at radius 2 is 1.27 bits per heavy atom. The van der Waals surface area contributed by atoms with E-state index in [-0.39, 0.29) is 11.8 Å². The Morgan fingerprint density at radius 1 is 0.808 bits per heavy atom. The average molecular weight is 358 g/mol. The molecule has 8 heteroatoms. The van der Waals surface area contributed by atoms with Gasteiger partial charge in [-0.3, -0.25) is 9.59 Å². The minimum atomic E-state index is -0.141. The molecule has 0 aliphatic heterocycles. The fraction of sp³-hybridized carbons (Fsp3) is 0.333. The van der Waals surface area contributed by atoms with Crippen molar-refractivity contribution in [2.75, 3.05) is 0 Å². The Bertz CT molecular complexity index is 643. The molecule has 2 N–H and O–H groups in total. The van der Waals surface area contributed by atoms with Crippen molar-refractivity contribution in [3.05, 3.63) is 48.3 Å². The highest BCUT2D eigenvalue weighted by molar-refractivity contribution is 5.80. The van der Waals surface area contributed by atoms with E-state index in [1.54, 1.807) is 24.3 Å². The van der Waals surface area contributed by atoms with Crippen LogP contribution in [0.3, 0.4) is 0 Å². The first-order chi connectivity index (χ1) is 12.7. The van der Waals surface area contributed by atoms with Gasteiger partial charge in [-0.2, -0.15) is 10.2 Å². The van der Waals surface area contributed by atoms with Crippen LogP contribution in [0.5, 0.6) is 0 Å². The summed E-state index contributed by atoms with van der Waals surface area (Å²) in [6, 6.07) is 6.98. The molecule has 8 nitrogen and oxygen atoms in total. The fourth-order valence-corrected chi connectivity index (χ4v) is 2.10. The molecule has 0 radical (unpaired) electrons. The van der Waals surface area contributed by atoms with Gasteiger partial charge < -0.3 is 8.83 Å². The monoisotopic (exact) mass is 358 g/mol. The molecule has 0 saturated carbocycles. The second-order valence-electron chi connectivity index (χ2n) is 5.53. The van der Waals surface area contributed by atoms with Crippen LogP contribution in [-0.4, -0.2) is 24.2 Å². The number of hydrazone groups is 2. The van der Waals surface area contributed by atoms with Crippen molar-refractivity contribution in [3.63, 3.8) is 0 Å². The largest absolute Gasteiger partial charge is 0.463 e. The number of hydrogen-bond acceptors (Lipinski definition) is 6. The molecule has 2 amide bonds. The first-order valence-corrected chi connectivity index (χ1v) is 8.45. The van der Waals surface area contributed by atoms with Gasteiger partial charge in [-0.15, -0.1) is 0 Å². The molecular formula is C18H22N4O4. The summed E-state index contributed by atoms with van der Waals surface area (Å²) in [7, 11) is 0. The molecule has 2 rings (SSSR count). The molecule has 138 valence electrons. The number of carbonyl (C=O) groups excluding carboxylic acids is 2. The summed E-state index contributed by atoms with van der Waals surface area (Å²) in [4.78, 5) is 23.2. The molecule has 0 spiro atoms. The Kier molecular flexibility index (Phi) is 8.41. The first kappa shape index (κ1) is 19.2. The highest BCUT2D eigenvalue weighted by Gasteiger charge is 2.02. The molecule has 0 saturated heterocycles. The van der Waals surface area contributed by atoms with Gasteiger partial charge in [-0.25, -0.2) is 10.9 Å². The smallest absolute Gasteiger partial charge is 0.240 e. The number of hydrogen-bond donors (Lipinski definition) is 2. The van der Waals surface area contributed by atoms with Crippen LogP contribution >= 0.6 is 0 Å². The lowest BCUT2D eigenvalue weighted by Gasteiger charge is -2.01. The van der Waals surface area contributed by atoms with E-state index >= 15 is 0 Å². The molecule has 0 atom stereocenters. The van der Waals surface area contributed by atoms with Crippen molar-refractivity contribution in [1.82, 2.24) is 10.9 Å². The third-order valence-corrected chi connectivity index (χ3v) is 3.41. The van der Waals surface area contributed by atoms with Crippen LogP contribution in [0.1, 0.15) is 50.0 Å². The van der Waals surface area contributed by atoms with Crippen LogP contribution in [0.2, 0.25) is 0 Å². The maximum Gasteiger partial charge on any atom is 0.240 e. The molecule has 2 aromatic rings. The van der Waals surface area contributed by atoms with Crippen molar-refractivity contribution < 1.29 is 18.4 Å². The van der Waals surface area contributed by atoms with Crippen LogP contribution in [-0.2, 0) is 9.59 Å². The van der Waals surface area contributed by atoms with E-state index < -0.39 is 0 Å². The Labute approximate surface area is 151 Å². The van der Waals surface area contributed by atoms with Crippen molar-refractivity contribution >= 4 is 24.2 Å². The van der Waals surface area contributed by atoms with Crippen LogP contribution in [0, 0.1) is 0 Å². The predicted octanol–water partition coefficient (Wildman–Crippen LogP) is 2.81. The minimum Gasteiger partial charge on any atom is -0.463 e. The molecule has 0 fully saturated rings. The van der Waals surface area contributed by atoms with Crippen molar-refractivity contribution in [1.29, 1.82) is 0 Å². The van der Waals surface area contributed by atoms with Crippen molar-refractivity contribution in [2.45, 2.75) is 38.5 Å². The standard InChI is InChI=1S/C18H22N4O4/c23-17(21-19-13-15-7-5-11-25-15)9-3-1-2-4-10-18(24)22-20-14-16-8-6-12-26-16/h5-8,11-14H,1-4,9-10H2,(H,21,23)(H,22,24). The summed E-state index contributed by atoms with van der Waals surface area (Å²) >= 11 is 0. The summed E-state index contributed by atoms with van der Waals surface area (Å²) in [6.45, 7) is 0. The Hall–Kier alpha value is -3.16. The van der Waals surface area contributed by atoms with Crippen molar-refractivity contribution in [2.24, 2.45) is 10.2 Å². The molecule has 0 aliphatic carbocycles. The predicted molar refractivity (Wildman–Crippen MR) is 96.6 cm³/mol. The molecule has 0 bridgehead atoms. The molecule has 0 aliphatic rings. The van der Waals surface area contributed by atoms with Gasteiger partial charge in [-0.05, 0) is 37.1 Å². The second-order valence-corrected chi connectivity index (χ2v) is 5.53. The average Bonchev–Trinajstić information content (AvgIpc) is 3.32. The van der Waals surface area contributed by atoms with Crippen LogP contribution in [0.15, 0.2) is 55.8 Å². The fourth-order valence-electron chi connectivity index (χ4n) is 2.10. The van der Waals surface area contributed by atoms with Gasteiger partial charge in [0, 0.05) is 12.8 Å². The Morgan fingerprint density at radius 3 is 1.65 bits per heavy atom. The third-order valence-electron chi connectivity index (χ3n) is 3.41. The van der Waals surface area contributed by atoms with E-state index in [0.717, 1.165) is 25.7 Å². The SMILES string of the molecule is O=C(CCCCCCC(=O)NN=Cc1ccco1)NN=Cc1ccco1. The van der Waals surface area contributed by atoms with E-state index in [1.807, 2.05) is 0 Å². The lowest BCUT2D eigenvalue weighted by Crippen LogP contribution is -2.17. The topological polar surface area (TPSA) is 109 Å². The van der Waals surface area contributed by atoms with E-state index in [2.05, 4.69) is 21.1 Å². The molecule has 0 aromatic carbocycles. The molecular weight excluding hydrogens is 336 g/mol. The number of amides is 2. The maximum atomic E-state index is 11.6. The highest BCUT2D eigenvalue weighted by atomic mass is 16.3. The van der Waals surface area contributed by atoms with Crippen LogP contribution in [0.4, 0.5) is 0 Å². The first-order valence-electron chi connectivity index (χ1n) is 8.45. The minimum absolute atomic E-state index is 0.141. The number of carbonyl (C=O) groups is 2. The van der Waals surface area contributed by atoms with Gasteiger partial charge in [0.15, 0.2) is 0 Å². The van der Waals surface area contributed by atoms with E-state index in [4.69, 9.17) is 8.83 Å². The zero-order valence-corrected chi connectivity index (χ0v) is 14.4. The summed E-state index contributed by atoms with van der Waals surface area (Å²) in [5.74, 6) is 0.879. The normalized spacial score (nSPS) is 11.2. The number of unbranched alkanes of at least 4 members (excludes halogenated alkanes) is 3. The van der Waals surface area contributed by atoms with E-state index in [9.17, 15) is 9.59 Å². The zero-order valence-electron chi connectivity index (χ0n) is 14.4. The second kappa shape index (κ2) is 11.4. The number of nitrogens with zero attached hydrogens (tertiary/aromatic N) is 2. The Balaban J connectivity index is 1.44. The summed E-state index contributed by atoms with van der Waals surface area (Å²) in [5, 5.41) is 7.62.